The number of hydrogen-bond donors (Lipinski definition) is 4. The summed E-state index contributed by atoms with van der Waals surface area (Å²) < 4.78 is 26.7. The molecule has 1 aliphatic rings. The van der Waals surface area contributed by atoms with Crippen LogP contribution in [0.3, 0.4) is 0 Å². The SMILES string of the molecule is CC1NC(=O)NC(=O)C1S(=O)(=O)Nc1cccc(C(=O)O)c1. The third-order valence-corrected chi connectivity index (χ3v) is 4.82. The Balaban J connectivity index is 2.27. The standard InChI is InChI=1S/C12H13N3O6S/c1-6-9(10(16)14-12(19)13-6)22(20,21)15-8-4-2-3-7(5-8)11(17)18/h2-6,9,15H,1H3,(H,17,18)(H2,13,14,16,19). The molecule has 1 aromatic carbocycles. The monoisotopic (exact) mass is 327 g/mol. The molecule has 0 aliphatic carbocycles. The van der Waals surface area contributed by atoms with Gasteiger partial charge >= 0.3 is 12.0 Å². The van der Waals surface area contributed by atoms with E-state index in [1.807, 2.05) is 5.32 Å². The van der Waals surface area contributed by atoms with E-state index < -0.39 is 39.2 Å². The van der Waals surface area contributed by atoms with Crippen molar-refractivity contribution < 1.29 is 27.9 Å². The van der Waals surface area contributed by atoms with Gasteiger partial charge in [-0.15, -0.1) is 0 Å². The molecule has 1 saturated heterocycles. The van der Waals surface area contributed by atoms with Crippen molar-refractivity contribution in [3.63, 3.8) is 0 Å². The number of imide groups is 1. The second kappa shape index (κ2) is 5.64. The van der Waals surface area contributed by atoms with E-state index in [0.717, 1.165) is 6.07 Å². The minimum Gasteiger partial charge on any atom is -0.478 e. The van der Waals surface area contributed by atoms with Crippen LogP contribution in [0.5, 0.6) is 0 Å². The predicted molar refractivity (Wildman–Crippen MR) is 75.9 cm³/mol. The molecule has 1 aromatic rings. The fraction of sp³-hybridized carbons (Fsp3) is 0.250. The van der Waals surface area contributed by atoms with Gasteiger partial charge in [0.25, 0.3) is 0 Å². The molecule has 0 saturated carbocycles. The molecule has 22 heavy (non-hydrogen) atoms. The summed E-state index contributed by atoms with van der Waals surface area (Å²) in [6.07, 6.45) is 0. The van der Waals surface area contributed by atoms with E-state index in [2.05, 4.69) is 10.0 Å². The molecule has 10 heteroatoms. The van der Waals surface area contributed by atoms with E-state index in [1.165, 1.54) is 25.1 Å². The molecule has 1 fully saturated rings. The summed E-state index contributed by atoms with van der Waals surface area (Å²) in [5.74, 6) is -2.16. The minimum atomic E-state index is -4.17. The number of hydrogen-bond acceptors (Lipinski definition) is 5. The van der Waals surface area contributed by atoms with Crippen molar-refractivity contribution in [2.75, 3.05) is 4.72 Å². The lowest BCUT2D eigenvalue weighted by molar-refractivity contribution is -0.120. The number of urea groups is 1. The molecular formula is C12H13N3O6S. The molecule has 2 unspecified atom stereocenters. The normalized spacial score (nSPS) is 21.7. The van der Waals surface area contributed by atoms with Gasteiger partial charge in [-0.25, -0.2) is 18.0 Å². The van der Waals surface area contributed by atoms with Gasteiger partial charge in [-0.3, -0.25) is 14.8 Å². The van der Waals surface area contributed by atoms with Crippen LogP contribution in [0.4, 0.5) is 10.5 Å². The molecule has 4 N–H and O–H groups in total. The van der Waals surface area contributed by atoms with Crippen LogP contribution in [0.15, 0.2) is 24.3 Å². The second-order valence-corrected chi connectivity index (χ2v) is 6.51. The van der Waals surface area contributed by atoms with Crippen molar-refractivity contribution in [3.05, 3.63) is 29.8 Å². The summed E-state index contributed by atoms with van der Waals surface area (Å²) in [6, 6.07) is 3.46. The molecule has 2 rings (SSSR count). The van der Waals surface area contributed by atoms with Crippen LogP contribution in [-0.2, 0) is 14.8 Å². The Labute approximate surface area is 125 Å². The van der Waals surface area contributed by atoms with Crippen molar-refractivity contribution in [1.29, 1.82) is 0 Å². The number of sulfonamides is 1. The maximum Gasteiger partial charge on any atom is 0.335 e. The van der Waals surface area contributed by atoms with Gasteiger partial charge in [-0.05, 0) is 25.1 Å². The Kier molecular flexibility index (Phi) is 4.04. The fourth-order valence-corrected chi connectivity index (χ4v) is 3.61. The Morgan fingerprint density at radius 2 is 2.00 bits per heavy atom. The molecule has 2 atom stereocenters. The number of carboxylic acid groups (broad SMARTS) is 1. The maximum absolute atomic E-state index is 12.3. The number of aromatic carboxylic acids is 1. The van der Waals surface area contributed by atoms with E-state index in [0.29, 0.717) is 0 Å². The number of benzene rings is 1. The molecule has 0 aromatic heterocycles. The van der Waals surface area contributed by atoms with Crippen molar-refractivity contribution in [1.82, 2.24) is 10.6 Å². The third kappa shape index (κ3) is 3.17. The highest BCUT2D eigenvalue weighted by molar-refractivity contribution is 7.94. The first-order valence-electron chi connectivity index (χ1n) is 6.17. The lowest BCUT2D eigenvalue weighted by atomic mass is 10.2. The smallest absolute Gasteiger partial charge is 0.335 e. The molecule has 118 valence electrons. The van der Waals surface area contributed by atoms with Gasteiger partial charge in [0.15, 0.2) is 5.25 Å². The van der Waals surface area contributed by atoms with Crippen LogP contribution in [-0.4, -0.2) is 42.7 Å². The average molecular weight is 327 g/mol. The Bertz CT molecular complexity index is 745. The topological polar surface area (TPSA) is 142 Å². The third-order valence-electron chi connectivity index (χ3n) is 3.01. The summed E-state index contributed by atoms with van der Waals surface area (Å²) in [7, 11) is -4.17. The quantitative estimate of drug-likeness (QED) is 0.599. The molecule has 0 spiro atoms. The van der Waals surface area contributed by atoms with Gasteiger partial charge in [0.1, 0.15) is 0 Å². The van der Waals surface area contributed by atoms with Gasteiger partial charge in [-0.1, -0.05) is 6.07 Å². The summed E-state index contributed by atoms with van der Waals surface area (Å²) in [5.41, 5.74) is -0.0913. The minimum absolute atomic E-state index is 0.0109. The van der Waals surface area contributed by atoms with Gasteiger partial charge < -0.3 is 10.4 Å². The summed E-state index contributed by atoms with van der Waals surface area (Å²) in [5, 5.41) is 11.5. The highest BCUT2D eigenvalue weighted by Crippen LogP contribution is 2.17. The number of nitrogens with one attached hydrogen (secondary N) is 3. The lowest BCUT2D eigenvalue weighted by Crippen LogP contribution is -2.63. The van der Waals surface area contributed by atoms with Crippen LogP contribution < -0.4 is 15.4 Å². The first-order valence-corrected chi connectivity index (χ1v) is 7.71. The van der Waals surface area contributed by atoms with Crippen molar-refractivity contribution in [3.8, 4) is 0 Å². The Morgan fingerprint density at radius 3 is 2.59 bits per heavy atom. The number of carboxylic acids is 1. The summed E-state index contributed by atoms with van der Waals surface area (Å²) >= 11 is 0. The Morgan fingerprint density at radius 1 is 1.32 bits per heavy atom. The molecule has 1 heterocycles. The fourth-order valence-electron chi connectivity index (χ4n) is 2.08. The van der Waals surface area contributed by atoms with E-state index in [1.54, 1.807) is 0 Å². The van der Waals surface area contributed by atoms with Gasteiger partial charge in [0.05, 0.1) is 11.6 Å². The molecular weight excluding hydrogens is 314 g/mol. The zero-order valence-electron chi connectivity index (χ0n) is 11.4. The van der Waals surface area contributed by atoms with E-state index in [-0.39, 0.29) is 11.3 Å². The summed E-state index contributed by atoms with van der Waals surface area (Å²) in [6.45, 7) is 1.38. The van der Waals surface area contributed by atoms with Gasteiger partial charge in [0.2, 0.25) is 15.9 Å². The zero-order chi connectivity index (χ0) is 16.5. The molecule has 9 nitrogen and oxygen atoms in total. The second-order valence-electron chi connectivity index (χ2n) is 4.71. The van der Waals surface area contributed by atoms with Crippen molar-refractivity contribution in [2.45, 2.75) is 18.2 Å². The molecule has 3 amide bonds. The van der Waals surface area contributed by atoms with Crippen LogP contribution in [0.1, 0.15) is 17.3 Å². The number of carbonyl (C=O) groups is 3. The largest absolute Gasteiger partial charge is 0.478 e. The van der Waals surface area contributed by atoms with Gasteiger partial charge in [0, 0.05) is 5.69 Å². The van der Waals surface area contributed by atoms with E-state index in [9.17, 15) is 22.8 Å². The lowest BCUT2D eigenvalue weighted by Gasteiger charge is -2.28. The molecule has 0 radical (unpaired) electrons. The highest BCUT2D eigenvalue weighted by Gasteiger charge is 2.42. The first kappa shape index (κ1) is 15.8. The number of amides is 3. The Hall–Kier alpha value is -2.62. The van der Waals surface area contributed by atoms with Gasteiger partial charge in [-0.2, -0.15) is 0 Å². The molecule has 1 aliphatic heterocycles. The summed E-state index contributed by atoms with van der Waals surface area (Å²) in [4.78, 5) is 33.7. The van der Waals surface area contributed by atoms with E-state index >= 15 is 0 Å². The average Bonchev–Trinajstić information content (AvgIpc) is 2.36. The number of carbonyl (C=O) groups excluding carboxylic acids is 2. The predicted octanol–water partition coefficient (Wildman–Crippen LogP) is -0.277. The first-order chi connectivity index (χ1) is 10.2. The number of rotatable bonds is 4. The van der Waals surface area contributed by atoms with E-state index in [4.69, 9.17) is 5.11 Å². The molecule has 0 bridgehead atoms. The zero-order valence-corrected chi connectivity index (χ0v) is 12.2. The van der Waals surface area contributed by atoms with Crippen LogP contribution >= 0.6 is 0 Å². The number of anilines is 1. The maximum atomic E-state index is 12.3. The highest BCUT2D eigenvalue weighted by atomic mass is 32.2. The van der Waals surface area contributed by atoms with Crippen LogP contribution in [0, 0.1) is 0 Å². The van der Waals surface area contributed by atoms with Crippen molar-refractivity contribution in [2.24, 2.45) is 0 Å². The van der Waals surface area contributed by atoms with Crippen LogP contribution in [0.2, 0.25) is 0 Å². The van der Waals surface area contributed by atoms with Crippen LogP contribution in [0.25, 0.3) is 0 Å². The van der Waals surface area contributed by atoms with Crippen molar-refractivity contribution >= 4 is 33.6 Å².